The zero-order valence-electron chi connectivity index (χ0n) is 9.41. The van der Waals surface area contributed by atoms with Crippen molar-refractivity contribution in [1.29, 1.82) is 0 Å². The third-order valence-corrected chi connectivity index (χ3v) is 2.50. The lowest BCUT2D eigenvalue weighted by molar-refractivity contribution is 0.996. The number of rotatable bonds is 1. The standard InChI is InChI=1S/C11H11N7/c12-9-8-10(17-11(13)16-9)18(6-15-8)7-4-2-1-3-5-14-7/h1-6,14H,(H4,12,13,16,17). The highest BCUT2D eigenvalue weighted by molar-refractivity contribution is 5.85. The SMILES string of the molecule is Nc1nc(N)c2ncn(C3=CC=CC=CN3)c2n1. The topological polar surface area (TPSA) is 108 Å². The number of hydrogen-bond donors (Lipinski definition) is 3. The van der Waals surface area contributed by atoms with Crippen LogP contribution in [0, 0.1) is 0 Å². The Balaban J connectivity index is 2.21. The average Bonchev–Trinajstić information content (AvgIpc) is 2.59. The first-order valence-corrected chi connectivity index (χ1v) is 5.32. The van der Waals surface area contributed by atoms with E-state index in [0.717, 1.165) is 5.82 Å². The summed E-state index contributed by atoms with van der Waals surface area (Å²) in [6, 6.07) is 0. The Morgan fingerprint density at radius 1 is 1.11 bits per heavy atom. The van der Waals surface area contributed by atoms with Crippen molar-refractivity contribution in [2.24, 2.45) is 0 Å². The smallest absolute Gasteiger partial charge is 0.224 e. The van der Waals surface area contributed by atoms with Gasteiger partial charge in [0.15, 0.2) is 17.0 Å². The Bertz CT molecular complexity index is 693. The van der Waals surface area contributed by atoms with E-state index in [-0.39, 0.29) is 11.8 Å². The molecule has 5 N–H and O–H groups in total. The maximum atomic E-state index is 5.76. The summed E-state index contributed by atoms with van der Waals surface area (Å²) in [6.45, 7) is 0. The number of nitrogens with two attached hydrogens (primary N) is 2. The van der Waals surface area contributed by atoms with Gasteiger partial charge in [0.05, 0.1) is 0 Å². The minimum Gasteiger partial charge on any atom is -0.382 e. The third kappa shape index (κ3) is 1.58. The molecule has 90 valence electrons. The van der Waals surface area contributed by atoms with Gasteiger partial charge in [0.1, 0.15) is 12.1 Å². The summed E-state index contributed by atoms with van der Waals surface area (Å²) in [5.74, 6) is 1.21. The Morgan fingerprint density at radius 3 is 2.89 bits per heavy atom. The van der Waals surface area contributed by atoms with Crippen LogP contribution in [0.3, 0.4) is 0 Å². The minimum atomic E-state index is 0.127. The molecule has 7 heteroatoms. The van der Waals surface area contributed by atoms with Crippen molar-refractivity contribution in [2.75, 3.05) is 11.5 Å². The monoisotopic (exact) mass is 241 g/mol. The predicted octanol–water partition coefficient (Wildman–Crippen LogP) is 0.462. The molecule has 3 heterocycles. The quantitative estimate of drug-likeness (QED) is 0.669. The fourth-order valence-corrected chi connectivity index (χ4v) is 1.71. The van der Waals surface area contributed by atoms with Gasteiger partial charge >= 0.3 is 0 Å². The molecule has 0 fully saturated rings. The number of anilines is 2. The molecule has 0 aliphatic carbocycles. The maximum absolute atomic E-state index is 5.76. The van der Waals surface area contributed by atoms with Crippen molar-refractivity contribution in [3.63, 3.8) is 0 Å². The molecule has 3 rings (SSSR count). The van der Waals surface area contributed by atoms with Crippen LogP contribution in [0.1, 0.15) is 0 Å². The van der Waals surface area contributed by atoms with Crippen LogP contribution in [-0.4, -0.2) is 19.5 Å². The number of allylic oxidation sites excluding steroid dienone is 4. The fourth-order valence-electron chi connectivity index (χ4n) is 1.71. The van der Waals surface area contributed by atoms with Gasteiger partial charge in [-0.1, -0.05) is 12.2 Å². The Morgan fingerprint density at radius 2 is 2.00 bits per heavy atom. The van der Waals surface area contributed by atoms with E-state index >= 15 is 0 Å². The van der Waals surface area contributed by atoms with Crippen LogP contribution in [0.15, 0.2) is 36.8 Å². The molecule has 1 aliphatic rings. The summed E-state index contributed by atoms with van der Waals surface area (Å²) in [6.07, 6.45) is 11.0. The van der Waals surface area contributed by atoms with Crippen molar-refractivity contribution in [1.82, 2.24) is 24.8 Å². The highest BCUT2D eigenvalue weighted by Gasteiger charge is 2.12. The third-order valence-electron chi connectivity index (χ3n) is 2.50. The fraction of sp³-hybridized carbons (Fsp3) is 0. The Hall–Kier alpha value is -2.83. The summed E-state index contributed by atoms with van der Waals surface area (Å²) in [5.41, 5.74) is 12.5. The van der Waals surface area contributed by atoms with Crippen LogP contribution in [0.2, 0.25) is 0 Å². The van der Waals surface area contributed by atoms with Gasteiger partial charge in [-0.2, -0.15) is 9.97 Å². The van der Waals surface area contributed by atoms with E-state index in [0.29, 0.717) is 11.2 Å². The van der Waals surface area contributed by atoms with Gasteiger partial charge < -0.3 is 16.8 Å². The van der Waals surface area contributed by atoms with Crippen LogP contribution in [0.5, 0.6) is 0 Å². The maximum Gasteiger partial charge on any atom is 0.224 e. The molecule has 2 aromatic heterocycles. The molecule has 18 heavy (non-hydrogen) atoms. The molecular formula is C11H11N7. The van der Waals surface area contributed by atoms with Crippen molar-refractivity contribution >= 4 is 28.8 Å². The molecule has 0 radical (unpaired) electrons. The summed E-state index contributed by atoms with van der Waals surface area (Å²) < 4.78 is 1.77. The van der Waals surface area contributed by atoms with E-state index in [1.807, 2.05) is 30.5 Å². The van der Waals surface area contributed by atoms with Gasteiger partial charge in [-0.25, -0.2) is 4.98 Å². The van der Waals surface area contributed by atoms with Crippen LogP contribution in [0.4, 0.5) is 11.8 Å². The number of nitrogens with zero attached hydrogens (tertiary/aromatic N) is 4. The lowest BCUT2D eigenvalue weighted by Crippen LogP contribution is -2.11. The van der Waals surface area contributed by atoms with Gasteiger partial charge in [0.2, 0.25) is 5.95 Å². The van der Waals surface area contributed by atoms with Crippen LogP contribution in [0.25, 0.3) is 17.0 Å². The second kappa shape index (κ2) is 3.88. The highest BCUT2D eigenvalue weighted by atomic mass is 15.2. The largest absolute Gasteiger partial charge is 0.382 e. The van der Waals surface area contributed by atoms with Crippen LogP contribution in [-0.2, 0) is 0 Å². The highest BCUT2D eigenvalue weighted by Crippen LogP contribution is 2.19. The van der Waals surface area contributed by atoms with Crippen LogP contribution < -0.4 is 16.8 Å². The van der Waals surface area contributed by atoms with Gasteiger partial charge in [-0.3, -0.25) is 4.57 Å². The van der Waals surface area contributed by atoms with Crippen LogP contribution >= 0.6 is 0 Å². The normalized spacial score (nSPS) is 14.3. The molecule has 7 nitrogen and oxygen atoms in total. The van der Waals surface area contributed by atoms with E-state index in [1.165, 1.54) is 0 Å². The predicted molar refractivity (Wildman–Crippen MR) is 69.8 cm³/mol. The first-order valence-electron chi connectivity index (χ1n) is 5.32. The number of fused-ring (bicyclic) bond motifs is 1. The molecule has 0 atom stereocenters. The van der Waals surface area contributed by atoms with E-state index in [1.54, 1.807) is 10.9 Å². The van der Waals surface area contributed by atoms with Gasteiger partial charge in [0.25, 0.3) is 0 Å². The molecule has 0 amide bonds. The number of hydrogen-bond acceptors (Lipinski definition) is 6. The second-order valence-electron chi connectivity index (χ2n) is 3.69. The molecule has 0 saturated carbocycles. The van der Waals surface area contributed by atoms with Gasteiger partial charge in [0, 0.05) is 6.20 Å². The van der Waals surface area contributed by atoms with Crippen molar-refractivity contribution in [2.45, 2.75) is 0 Å². The van der Waals surface area contributed by atoms with E-state index in [2.05, 4.69) is 20.3 Å². The summed E-state index contributed by atoms with van der Waals surface area (Å²) in [4.78, 5) is 12.2. The molecule has 0 aromatic carbocycles. The average molecular weight is 241 g/mol. The Labute approximate surface area is 103 Å². The molecule has 0 spiro atoms. The lowest BCUT2D eigenvalue weighted by atomic mass is 10.4. The number of nitrogens with one attached hydrogen (secondary N) is 1. The molecule has 1 aliphatic heterocycles. The molecule has 0 unspecified atom stereocenters. The summed E-state index contributed by atoms with van der Waals surface area (Å²) in [5, 5.41) is 3.11. The second-order valence-corrected chi connectivity index (χ2v) is 3.69. The summed E-state index contributed by atoms with van der Waals surface area (Å²) in [7, 11) is 0. The molecule has 0 saturated heterocycles. The van der Waals surface area contributed by atoms with Crippen molar-refractivity contribution in [3.8, 4) is 0 Å². The van der Waals surface area contributed by atoms with Gasteiger partial charge in [-0.15, -0.1) is 0 Å². The van der Waals surface area contributed by atoms with Crippen molar-refractivity contribution < 1.29 is 0 Å². The lowest BCUT2D eigenvalue weighted by Gasteiger charge is -2.07. The first-order chi connectivity index (χ1) is 8.75. The van der Waals surface area contributed by atoms with E-state index < -0.39 is 0 Å². The summed E-state index contributed by atoms with van der Waals surface area (Å²) >= 11 is 0. The number of aromatic nitrogens is 4. The molecular weight excluding hydrogens is 230 g/mol. The van der Waals surface area contributed by atoms with E-state index in [9.17, 15) is 0 Å². The van der Waals surface area contributed by atoms with Crippen molar-refractivity contribution in [3.05, 3.63) is 36.8 Å². The first kappa shape index (κ1) is 10.3. The number of nitrogen functional groups attached to an aromatic ring is 2. The Kier molecular flexibility index (Phi) is 2.23. The zero-order chi connectivity index (χ0) is 12.5. The molecule has 2 aromatic rings. The zero-order valence-corrected chi connectivity index (χ0v) is 9.41. The minimum absolute atomic E-state index is 0.127. The van der Waals surface area contributed by atoms with E-state index in [4.69, 9.17) is 11.5 Å². The van der Waals surface area contributed by atoms with Gasteiger partial charge in [-0.05, 0) is 12.2 Å². The number of imidazole rings is 1. The molecule has 0 bridgehead atoms.